The average Bonchev–Trinajstić information content (AvgIpc) is 2.59. The van der Waals surface area contributed by atoms with Crippen molar-refractivity contribution in [2.75, 3.05) is 0 Å². The molecule has 14 heavy (non-hydrogen) atoms. The minimum absolute atomic E-state index is 0.0874. The Labute approximate surface area is 83.6 Å². The van der Waals surface area contributed by atoms with E-state index in [4.69, 9.17) is 5.73 Å². The van der Waals surface area contributed by atoms with Gasteiger partial charge in [-0.25, -0.2) is 4.98 Å². The predicted molar refractivity (Wildman–Crippen MR) is 54.5 cm³/mol. The van der Waals surface area contributed by atoms with E-state index in [1.165, 1.54) is 31.2 Å². The molecule has 1 aliphatic carbocycles. The molecule has 1 aliphatic rings. The number of nitrogens with two attached hydrogens (primary N) is 1. The molecule has 1 aromatic heterocycles. The highest BCUT2D eigenvalue weighted by atomic mass is 15.2. The van der Waals surface area contributed by atoms with Crippen LogP contribution in [0.25, 0.3) is 0 Å². The van der Waals surface area contributed by atoms with Crippen LogP contribution in [0, 0.1) is 0 Å². The van der Waals surface area contributed by atoms with Gasteiger partial charge in [-0.15, -0.1) is 0 Å². The van der Waals surface area contributed by atoms with E-state index in [0.29, 0.717) is 0 Å². The SMILES string of the molecule is NC(C1=CCCCCC1)c1ncn[nH]1. The van der Waals surface area contributed by atoms with Gasteiger partial charge in [0.05, 0.1) is 6.04 Å². The van der Waals surface area contributed by atoms with Crippen molar-refractivity contribution in [3.8, 4) is 0 Å². The largest absolute Gasteiger partial charge is 0.318 e. The smallest absolute Gasteiger partial charge is 0.145 e. The monoisotopic (exact) mass is 192 g/mol. The number of hydrogen-bond acceptors (Lipinski definition) is 3. The Morgan fingerprint density at radius 3 is 3.07 bits per heavy atom. The quantitative estimate of drug-likeness (QED) is 0.701. The maximum atomic E-state index is 6.08. The summed E-state index contributed by atoms with van der Waals surface area (Å²) in [5.41, 5.74) is 7.39. The van der Waals surface area contributed by atoms with Crippen LogP contribution in [0.15, 0.2) is 18.0 Å². The van der Waals surface area contributed by atoms with Crippen molar-refractivity contribution < 1.29 is 0 Å². The van der Waals surface area contributed by atoms with Crippen LogP contribution in [0.2, 0.25) is 0 Å². The van der Waals surface area contributed by atoms with E-state index in [1.807, 2.05) is 0 Å². The Morgan fingerprint density at radius 1 is 1.36 bits per heavy atom. The first-order valence-electron chi connectivity index (χ1n) is 5.17. The summed E-state index contributed by atoms with van der Waals surface area (Å²) in [6, 6.07) is -0.0874. The third kappa shape index (κ3) is 2.01. The summed E-state index contributed by atoms with van der Waals surface area (Å²) in [7, 11) is 0. The fourth-order valence-electron chi connectivity index (χ4n) is 1.86. The Bertz CT molecular complexity index is 302. The first kappa shape index (κ1) is 9.40. The third-order valence-electron chi connectivity index (χ3n) is 2.70. The number of rotatable bonds is 2. The fraction of sp³-hybridized carbons (Fsp3) is 0.600. The number of hydrogen-bond donors (Lipinski definition) is 2. The molecular formula is C10H16N4. The molecule has 1 heterocycles. The van der Waals surface area contributed by atoms with Crippen molar-refractivity contribution in [1.82, 2.24) is 15.2 Å². The minimum atomic E-state index is -0.0874. The predicted octanol–water partition coefficient (Wildman–Crippen LogP) is 1.70. The fourth-order valence-corrected chi connectivity index (χ4v) is 1.86. The van der Waals surface area contributed by atoms with Crippen LogP contribution in [0.1, 0.15) is 44.0 Å². The van der Waals surface area contributed by atoms with Crippen LogP contribution >= 0.6 is 0 Å². The molecule has 0 fully saturated rings. The van der Waals surface area contributed by atoms with E-state index in [-0.39, 0.29) is 6.04 Å². The lowest BCUT2D eigenvalue weighted by Gasteiger charge is -2.11. The molecule has 0 saturated carbocycles. The average molecular weight is 192 g/mol. The van der Waals surface area contributed by atoms with E-state index < -0.39 is 0 Å². The van der Waals surface area contributed by atoms with E-state index in [0.717, 1.165) is 18.7 Å². The molecule has 0 aromatic carbocycles. The highest BCUT2D eigenvalue weighted by Gasteiger charge is 2.15. The molecule has 2 rings (SSSR count). The van der Waals surface area contributed by atoms with Crippen LogP contribution in [-0.4, -0.2) is 15.2 Å². The first-order chi connectivity index (χ1) is 6.88. The molecule has 0 spiro atoms. The molecule has 76 valence electrons. The summed E-state index contributed by atoms with van der Waals surface area (Å²) < 4.78 is 0. The minimum Gasteiger partial charge on any atom is -0.318 e. The first-order valence-corrected chi connectivity index (χ1v) is 5.17. The van der Waals surface area contributed by atoms with Gasteiger partial charge >= 0.3 is 0 Å². The number of allylic oxidation sites excluding steroid dienone is 1. The zero-order valence-electron chi connectivity index (χ0n) is 8.24. The Morgan fingerprint density at radius 2 is 2.29 bits per heavy atom. The molecule has 3 N–H and O–H groups in total. The van der Waals surface area contributed by atoms with Crippen molar-refractivity contribution in [2.24, 2.45) is 5.73 Å². The van der Waals surface area contributed by atoms with Crippen molar-refractivity contribution in [1.29, 1.82) is 0 Å². The molecule has 1 unspecified atom stereocenters. The Kier molecular flexibility index (Phi) is 2.93. The molecule has 0 radical (unpaired) electrons. The molecular weight excluding hydrogens is 176 g/mol. The molecule has 0 bridgehead atoms. The Balaban J connectivity index is 2.10. The van der Waals surface area contributed by atoms with Gasteiger partial charge in [-0.1, -0.05) is 12.5 Å². The number of nitrogens with one attached hydrogen (secondary N) is 1. The molecule has 1 aromatic rings. The number of aromatic nitrogens is 3. The molecule has 0 aliphatic heterocycles. The van der Waals surface area contributed by atoms with Crippen LogP contribution in [0.3, 0.4) is 0 Å². The van der Waals surface area contributed by atoms with Gasteiger partial charge in [0.2, 0.25) is 0 Å². The maximum absolute atomic E-state index is 6.08. The zero-order valence-corrected chi connectivity index (χ0v) is 8.24. The number of aromatic amines is 1. The van der Waals surface area contributed by atoms with Crippen molar-refractivity contribution >= 4 is 0 Å². The lowest BCUT2D eigenvalue weighted by atomic mass is 10.0. The van der Waals surface area contributed by atoms with Gasteiger partial charge < -0.3 is 5.73 Å². The van der Waals surface area contributed by atoms with E-state index in [1.54, 1.807) is 0 Å². The normalized spacial score (nSPS) is 19.9. The highest BCUT2D eigenvalue weighted by Crippen LogP contribution is 2.25. The lowest BCUT2D eigenvalue weighted by Crippen LogP contribution is -2.15. The molecule has 4 heteroatoms. The second kappa shape index (κ2) is 4.37. The van der Waals surface area contributed by atoms with Gasteiger partial charge in [0.1, 0.15) is 12.2 Å². The maximum Gasteiger partial charge on any atom is 0.145 e. The van der Waals surface area contributed by atoms with E-state index in [2.05, 4.69) is 21.3 Å². The van der Waals surface area contributed by atoms with Gasteiger partial charge in [0.15, 0.2) is 0 Å². The van der Waals surface area contributed by atoms with Gasteiger partial charge in [0.25, 0.3) is 0 Å². The second-order valence-electron chi connectivity index (χ2n) is 3.73. The summed E-state index contributed by atoms with van der Waals surface area (Å²) in [6.07, 6.45) is 9.86. The van der Waals surface area contributed by atoms with E-state index >= 15 is 0 Å². The lowest BCUT2D eigenvalue weighted by molar-refractivity contribution is 0.674. The van der Waals surface area contributed by atoms with Gasteiger partial charge in [-0.05, 0) is 31.3 Å². The highest BCUT2D eigenvalue weighted by molar-refractivity contribution is 5.16. The Hall–Kier alpha value is -1.16. The second-order valence-corrected chi connectivity index (χ2v) is 3.73. The van der Waals surface area contributed by atoms with E-state index in [9.17, 15) is 0 Å². The molecule has 0 saturated heterocycles. The van der Waals surface area contributed by atoms with Crippen LogP contribution in [0.5, 0.6) is 0 Å². The summed E-state index contributed by atoms with van der Waals surface area (Å²) in [5.74, 6) is 0.776. The number of H-pyrrole nitrogens is 1. The van der Waals surface area contributed by atoms with Gasteiger partial charge in [-0.2, -0.15) is 5.10 Å². The van der Waals surface area contributed by atoms with Gasteiger partial charge in [-0.3, -0.25) is 5.10 Å². The summed E-state index contributed by atoms with van der Waals surface area (Å²) in [4.78, 5) is 4.09. The van der Waals surface area contributed by atoms with Crippen LogP contribution < -0.4 is 5.73 Å². The molecule has 0 amide bonds. The molecule has 1 atom stereocenters. The van der Waals surface area contributed by atoms with Crippen molar-refractivity contribution in [2.45, 2.75) is 38.1 Å². The van der Waals surface area contributed by atoms with Crippen LogP contribution in [-0.2, 0) is 0 Å². The van der Waals surface area contributed by atoms with Crippen LogP contribution in [0.4, 0.5) is 0 Å². The summed E-state index contributed by atoms with van der Waals surface area (Å²) in [6.45, 7) is 0. The molecule has 4 nitrogen and oxygen atoms in total. The van der Waals surface area contributed by atoms with Crippen molar-refractivity contribution in [3.05, 3.63) is 23.8 Å². The summed E-state index contributed by atoms with van der Waals surface area (Å²) >= 11 is 0. The standard InChI is InChI=1S/C10H16N4/c11-9(10-12-7-13-14-10)8-5-3-1-2-4-6-8/h5,7,9H,1-4,6,11H2,(H,12,13,14). The summed E-state index contributed by atoms with van der Waals surface area (Å²) in [5, 5.41) is 6.65. The van der Waals surface area contributed by atoms with Crippen molar-refractivity contribution in [3.63, 3.8) is 0 Å². The third-order valence-corrected chi connectivity index (χ3v) is 2.70. The topological polar surface area (TPSA) is 67.6 Å². The van der Waals surface area contributed by atoms with Gasteiger partial charge in [0, 0.05) is 0 Å². The number of nitrogens with zero attached hydrogens (tertiary/aromatic N) is 2. The zero-order chi connectivity index (χ0) is 9.80.